The van der Waals surface area contributed by atoms with E-state index in [0.29, 0.717) is 0 Å². The van der Waals surface area contributed by atoms with Gasteiger partial charge in [-0.2, -0.15) is 0 Å². The van der Waals surface area contributed by atoms with Gasteiger partial charge < -0.3 is 5.32 Å². The van der Waals surface area contributed by atoms with Crippen molar-refractivity contribution in [3.05, 3.63) is 0 Å². The van der Waals surface area contributed by atoms with Crippen molar-refractivity contribution in [2.24, 2.45) is 11.8 Å². The smallest absolute Gasteiger partial charge is 0.00955 e. The van der Waals surface area contributed by atoms with Gasteiger partial charge in [-0.05, 0) is 50.5 Å². The van der Waals surface area contributed by atoms with E-state index in [2.05, 4.69) is 12.2 Å². The molecule has 1 heterocycles. The highest BCUT2D eigenvalue weighted by atomic mass is 127. The summed E-state index contributed by atoms with van der Waals surface area (Å²) in [6.45, 7) is 3.68. The van der Waals surface area contributed by atoms with Gasteiger partial charge in [0, 0.05) is 6.04 Å². The van der Waals surface area contributed by atoms with Crippen LogP contribution < -0.4 is 5.32 Å². The number of halogens is 1. The molecule has 1 N–H and O–H groups in total. The Morgan fingerprint density at radius 1 is 1.17 bits per heavy atom. The molecule has 1 aliphatic heterocycles. The minimum Gasteiger partial charge on any atom is -0.314 e. The van der Waals surface area contributed by atoms with Gasteiger partial charge in [0.25, 0.3) is 0 Å². The van der Waals surface area contributed by atoms with Crippen LogP contribution in [0.25, 0.3) is 0 Å². The van der Waals surface area contributed by atoms with Crippen LogP contribution in [0.15, 0.2) is 0 Å². The number of fused-ring (bicyclic) bond motifs is 1. The van der Waals surface area contributed by atoms with Crippen LogP contribution in [0, 0.1) is 11.8 Å². The summed E-state index contributed by atoms with van der Waals surface area (Å²) in [4.78, 5) is 0. The van der Waals surface area contributed by atoms with Gasteiger partial charge in [-0.1, -0.05) is 6.92 Å². The molecule has 12 heavy (non-hydrogen) atoms. The molecule has 2 heteroatoms. The van der Waals surface area contributed by atoms with Crippen LogP contribution >= 0.6 is 24.0 Å². The van der Waals surface area contributed by atoms with Crippen LogP contribution in [-0.2, 0) is 0 Å². The Balaban J connectivity index is 0.000000720. The van der Waals surface area contributed by atoms with E-state index >= 15 is 0 Å². The fourth-order valence-electron chi connectivity index (χ4n) is 2.74. The summed E-state index contributed by atoms with van der Waals surface area (Å²) in [5, 5.41) is 3.64. The lowest BCUT2D eigenvalue weighted by Crippen LogP contribution is -2.44. The first-order valence-corrected chi connectivity index (χ1v) is 5.09. The molecule has 2 aliphatic rings. The maximum atomic E-state index is 3.64. The minimum absolute atomic E-state index is 0. The Labute approximate surface area is 92.7 Å². The van der Waals surface area contributed by atoms with Crippen molar-refractivity contribution in [2.45, 2.75) is 45.1 Å². The van der Waals surface area contributed by atoms with Gasteiger partial charge in [-0.3, -0.25) is 0 Å². The van der Waals surface area contributed by atoms with E-state index in [9.17, 15) is 0 Å². The predicted octanol–water partition coefficient (Wildman–Crippen LogP) is 2.79. The van der Waals surface area contributed by atoms with Gasteiger partial charge in [0.2, 0.25) is 0 Å². The normalized spacial score (nSPS) is 41.2. The molecule has 3 unspecified atom stereocenters. The predicted molar refractivity (Wildman–Crippen MR) is 62.9 cm³/mol. The lowest BCUT2D eigenvalue weighted by molar-refractivity contribution is 0.173. The van der Waals surface area contributed by atoms with Crippen molar-refractivity contribution in [3.8, 4) is 0 Å². The van der Waals surface area contributed by atoms with E-state index in [1.165, 1.54) is 38.6 Å². The van der Waals surface area contributed by atoms with Crippen molar-refractivity contribution in [1.82, 2.24) is 5.32 Å². The van der Waals surface area contributed by atoms with E-state index in [1.807, 2.05) is 0 Å². The quantitative estimate of drug-likeness (QED) is 0.673. The van der Waals surface area contributed by atoms with Crippen molar-refractivity contribution in [2.75, 3.05) is 6.54 Å². The average Bonchev–Trinajstić information content (AvgIpc) is 2.04. The molecule has 1 saturated heterocycles. The first-order chi connectivity index (χ1) is 5.36. The van der Waals surface area contributed by atoms with Crippen LogP contribution in [0.1, 0.15) is 39.0 Å². The molecule has 0 radical (unpaired) electrons. The number of nitrogens with one attached hydrogen (secondary N) is 1. The third-order valence-electron chi connectivity index (χ3n) is 3.40. The van der Waals surface area contributed by atoms with Crippen LogP contribution in [-0.4, -0.2) is 12.6 Å². The lowest BCUT2D eigenvalue weighted by Gasteiger charge is -2.38. The first-order valence-electron chi connectivity index (χ1n) is 5.09. The summed E-state index contributed by atoms with van der Waals surface area (Å²) in [5.74, 6) is 2.02. The average molecular weight is 281 g/mol. The molecule has 0 aromatic rings. The lowest BCUT2D eigenvalue weighted by atomic mass is 9.75. The molecule has 0 amide bonds. The van der Waals surface area contributed by atoms with Crippen molar-refractivity contribution < 1.29 is 0 Å². The molecule has 2 fully saturated rings. The van der Waals surface area contributed by atoms with Crippen molar-refractivity contribution >= 4 is 24.0 Å². The van der Waals surface area contributed by atoms with E-state index < -0.39 is 0 Å². The zero-order chi connectivity index (χ0) is 7.68. The molecule has 3 atom stereocenters. The van der Waals surface area contributed by atoms with Crippen LogP contribution in [0.2, 0.25) is 0 Å². The SMILES string of the molecule is CC1CCC2NCCCC2C1.I. The summed E-state index contributed by atoms with van der Waals surface area (Å²) in [6.07, 6.45) is 7.27. The number of rotatable bonds is 0. The van der Waals surface area contributed by atoms with E-state index in [-0.39, 0.29) is 24.0 Å². The largest absolute Gasteiger partial charge is 0.314 e. The maximum absolute atomic E-state index is 3.64. The summed E-state index contributed by atoms with van der Waals surface area (Å²) >= 11 is 0. The first kappa shape index (κ1) is 10.8. The molecule has 1 saturated carbocycles. The van der Waals surface area contributed by atoms with Gasteiger partial charge >= 0.3 is 0 Å². The van der Waals surface area contributed by atoms with Crippen LogP contribution in [0.3, 0.4) is 0 Å². The second-order valence-corrected chi connectivity index (χ2v) is 4.38. The Kier molecular flexibility index (Phi) is 4.30. The highest BCUT2D eigenvalue weighted by Gasteiger charge is 2.29. The zero-order valence-corrected chi connectivity index (χ0v) is 10.2. The summed E-state index contributed by atoms with van der Waals surface area (Å²) in [5.41, 5.74) is 0. The Hall–Kier alpha value is 0.690. The molecule has 0 spiro atoms. The highest BCUT2D eigenvalue weighted by molar-refractivity contribution is 14.0. The summed E-state index contributed by atoms with van der Waals surface area (Å²) < 4.78 is 0. The highest BCUT2D eigenvalue weighted by Crippen LogP contribution is 2.33. The fourth-order valence-corrected chi connectivity index (χ4v) is 2.74. The summed E-state index contributed by atoms with van der Waals surface area (Å²) in [6, 6.07) is 0.889. The van der Waals surface area contributed by atoms with Crippen LogP contribution in [0.5, 0.6) is 0 Å². The molecule has 72 valence electrons. The summed E-state index contributed by atoms with van der Waals surface area (Å²) in [7, 11) is 0. The zero-order valence-electron chi connectivity index (χ0n) is 7.88. The standard InChI is InChI=1S/C10H19N.HI/c1-8-4-5-10-9(7-8)3-2-6-11-10;/h8-11H,2-7H2,1H3;1H. The van der Waals surface area contributed by atoms with E-state index in [1.54, 1.807) is 0 Å². The van der Waals surface area contributed by atoms with E-state index in [0.717, 1.165) is 17.9 Å². The van der Waals surface area contributed by atoms with Crippen molar-refractivity contribution in [3.63, 3.8) is 0 Å². The van der Waals surface area contributed by atoms with Gasteiger partial charge in [0.1, 0.15) is 0 Å². The Morgan fingerprint density at radius 2 is 2.00 bits per heavy atom. The Bertz CT molecular complexity index is 138. The molecular weight excluding hydrogens is 261 g/mol. The molecule has 1 nitrogen and oxygen atoms in total. The molecular formula is C10H20IN. The topological polar surface area (TPSA) is 12.0 Å². The monoisotopic (exact) mass is 281 g/mol. The molecule has 2 rings (SSSR count). The molecule has 0 aromatic heterocycles. The molecule has 0 aromatic carbocycles. The Morgan fingerprint density at radius 3 is 2.83 bits per heavy atom. The third kappa shape index (κ3) is 2.34. The maximum Gasteiger partial charge on any atom is 0.00955 e. The van der Waals surface area contributed by atoms with Gasteiger partial charge in [0.05, 0.1) is 0 Å². The molecule has 0 bridgehead atoms. The van der Waals surface area contributed by atoms with Crippen LogP contribution in [0.4, 0.5) is 0 Å². The second-order valence-electron chi connectivity index (χ2n) is 4.38. The number of piperidine rings is 1. The number of hydrogen-bond donors (Lipinski definition) is 1. The fraction of sp³-hybridized carbons (Fsp3) is 1.00. The molecule has 1 aliphatic carbocycles. The third-order valence-corrected chi connectivity index (χ3v) is 3.40. The van der Waals surface area contributed by atoms with Gasteiger partial charge in [0.15, 0.2) is 0 Å². The second kappa shape index (κ2) is 4.80. The minimum atomic E-state index is 0. The van der Waals surface area contributed by atoms with E-state index in [4.69, 9.17) is 0 Å². The number of hydrogen-bond acceptors (Lipinski definition) is 1. The van der Waals surface area contributed by atoms with Crippen molar-refractivity contribution in [1.29, 1.82) is 0 Å². The van der Waals surface area contributed by atoms with Gasteiger partial charge in [-0.15, -0.1) is 24.0 Å². The van der Waals surface area contributed by atoms with Gasteiger partial charge in [-0.25, -0.2) is 0 Å².